The van der Waals surface area contributed by atoms with E-state index in [4.69, 9.17) is 5.11 Å². The van der Waals surface area contributed by atoms with E-state index in [1.165, 1.54) is 0 Å². The molecule has 0 aliphatic heterocycles. The first-order valence-electron chi connectivity index (χ1n) is 1.72. The summed E-state index contributed by atoms with van der Waals surface area (Å²) in [6, 6.07) is 0. The van der Waals surface area contributed by atoms with Crippen molar-refractivity contribution in [1.82, 2.24) is 4.72 Å². The summed E-state index contributed by atoms with van der Waals surface area (Å²) in [5.41, 5.74) is 0. The third kappa shape index (κ3) is 5.38. The van der Waals surface area contributed by atoms with Gasteiger partial charge in [-0.2, -0.15) is 0 Å². The molecular formula is C2H5NO4S. The third-order valence-electron chi connectivity index (χ3n) is 0.359. The summed E-state index contributed by atoms with van der Waals surface area (Å²) in [6.07, 6.45) is 0. The van der Waals surface area contributed by atoms with E-state index in [0.29, 0.717) is 0 Å². The molecule has 0 fully saturated rings. The molecule has 0 saturated carbocycles. The van der Waals surface area contributed by atoms with Gasteiger partial charge < -0.3 is 5.11 Å². The van der Waals surface area contributed by atoms with Gasteiger partial charge in [-0.1, -0.05) is 0 Å². The number of nitrogens with one attached hydrogen (secondary N) is 1. The van der Waals surface area contributed by atoms with Gasteiger partial charge in [0.2, 0.25) is 10.9 Å². The van der Waals surface area contributed by atoms with Crippen LogP contribution in [0.3, 0.4) is 0 Å². The van der Waals surface area contributed by atoms with E-state index in [1.54, 1.807) is 4.72 Å². The van der Waals surface area contributed by atoms with Gasteiger partial charge in [-0.15, -0.1) is 0 Å². The summed E-state index contributed by atoms with van der Waals surface area (Å²) in [7, 11) is -2.76. The summed E-state index contributed by atoms with van der Waals surface area (Å²) in [4.78, 5) is 9.57. The molecule has 0 rings (SSSR count). The maximum atomic E-state index is 9.57. The molecule has 0 saturated heterocycles. The normalized spacial score (nSPS) is 9.62. The standard InChI is InChI=1S/C2H5NO4S/c4-2(5)1-3-8(6)7/h8H,1H2,(H,4,5)(H,3,6,7). The molecule has 2 N–H and O–H groups in total. The number of hydrogen-bond donors (Lipinski definition) is 3. The lowest BCUT2D eigenvalue weighted by atomic mass is 10.7. The quantitative estimate of drug-likeness (QED) is 0.402. The van der Waals surface area contributed by atoms with Crippen molar-refractivity contribution in [1.29, 1.82) is 0 Å². The van der Waals surface area contributed by atoms with E-state index in [9.17, 15) is 13.2 Å². The molecule has 0 radical (unpaired) electrons. The van der Waals surface area contributed by atoms with Gasteiger partial charge in [0.05, 0.1) is 0 Å². The maximum Gasteiger partial charge on any atom is 0.318 e. The van der Waals surface area contributed by atoms with Crippen molar-refractivity contribution in [2.75, 3.05) is 6.54 Å². The fraction of sp³-hybridized carbons (Fsp3) is 0.500. The van der Waals surface area contributed by atoms with Gasteiger partial charge in [-0.3, -0.25) is 4.79 Å². The molecule has 0 atom stereocenters. The minimum atomic E-state index is -2.76. The average Bonchev–Trinajstić information content (AvgIpc) is 1.61. The Kier molecular flexibility index (Phi) is 3.13. The van der Waals surface area contributed by atoms with Crippen LogP contribution in [0.2, 0.25) is 0 Å². The van der Waals surface area contributed by atoms with Crippen LogP contribution in [-0.2, 0) is 15.7 Å². The number of carbonyl (C=O) groups is 1. The van der Waals surface area contributed by atoms with Crippen molar-refractivity contribution in [2.24, 2.45) is 0 Å². The Hall–Kier alpha value is -0.620. The zero-order valence-electron chi connectivity index (χ0n) is 3.83. The van der Waals surface area contributed by atoms with E-state index in [1.807, 2.05) is 0 Å². The van der Waals surface area contributed by atoms with Crippen LogP contribution in [0.5, 0.6) is 0 Å². The summed E-state index contributed by atoms with van der Waals surface area (Å²) < 4.78 is 20.8. The highest BCUT2D eigenvalue weighted by Crippen LogP contribution is 1.56. The molecule has 0 aromatic heterocycles. The number of thiol groups is 1. The molecule has 0 aliphatic rings. The largest absolute Gasteiger partial charge is 0.480 e. The lowest BCUT2D eigenvalue weighted by Gasteiger charge is -1.85. The Bertz CT molecular complexity index is 142. The van der Waals surface area contributed by atoms with Crippen LogP contribution in [-0.4, -0.2) is 26.0 Å². The van der Waals surface area contributed by atoms with Crippen LogP contribution in [0.15, 0.2) is 0 Å². The highest BCUT2D eigenvalue weighted by molar-refractivity contribution is 7.70. The van der Waals surface area contributed by atoms with E-state index in [0.717, 1.165) is 0 Å². The Balaban J connectivity index is 3.32. The zero-order chi connectivity index (χ0) is 6.57. The minimum absolute atomic E-state index is 0.543. The monoisotopic (exact) mass is 139 g/mol. The van der Waals surface area contributed by atoms with Gasteiger partial charge in [0.15, 0.2) is 0 Å². The molecule has 0 spiro atoms. The number of hydrogen-bond acceptors (Lipinski definition) is 3. The SMILES string of the molecule is O=C(O)CN[SH](=O)=O. The van der Waals surface area contributed by atoms with Crippen LogP contribution in [0.4, 0.5) is 0 Å². The predicted molar refractivity (Wildman–Crippen MR) is 26.0 cm³/mol. The van der Waals surface area contributed by atoms with Crippen molar-refractivity contribution in [2.45, 2.75) is 0 Å². The van der Waals surface area contributed by atoms with Crippen molar-refractivity contribution in [3.63, 3.8) is 0 Å². The van der Waals surface area contributed by atoms with Crippen molar-refractivity contribution >= 4 is 16.9 Å². The fourth-order valence-electron chi connectivity index (χ4n) is 0.132. The Morgan fingerprint density at radius 2 is 2.12 bits per heavy atom. The highest BCUT2D eigenvalue weighted by atomic mass is 32.2. The van der Waals surface area contributed by atoms with Gasteiger partial charge in [0.1, 0.15) is 6.54 Å². The van der Waals surface area contributed by atoms with Crippen LogP contribution in [0, 0.1) is 0 Å². The van der Waals surface area contributed by atoms with Gasteiger partial charge in [0, 0.05) is 0 Å². The summed E-state index contributed by atoms with van der Waals surface area (Å²) in [5, 5.41) is 7.83. The van der Waals surface area contributed by atoms with Gasteiger partial charge in [0.25, 0.3) is 0 Å². The van der Waals surface area contributed by atoms with Crippen molar-refractivity contribution < 1.29 is 18.3 Å². The number of aliphatic carboxylic acids is 1. The summed E-state index contributed by atoms with van der Waals surface area (Å²) in [5.74, 6) is -1.19. The van der Waals surface area contributed by atoms with Crippen LogP contribution in [0.1, 0.15) is 0 Å². The minimum Gasteiger partial charge on any atom is -0.480 e. The van der Waals surface area contributed by atoms with E-state index in [2.05, 4.69) is 0 Å². The lowest BCUT2D eigenvalue weighted by Crippen LogP contribution is -2.20. The zero-order valence-corrected chi connectivity index (χ0v) is 4.72. The molecule has 0 heterocycles. The molecule has 0 aromatic rings. The van der Waals surface area contributed by atoms with E-state index >= 15 is 0 Å². The van der Waals surface area contributed by atoms with Gasteiger partial charge in [-0.05, 0) is 0 Å². The molecule has 48 valence electrons. The average molecular weight is 139 g/mol. The highest BCUT2D eigenvalue weighted by Gasteiger charge is 1.92. The third-order valence-corrected chi connectivity index (χ3v) is 0.776. The summed E-state index contributed by atoms with van der Waals surface area (Å²) in [6.45, 7) is -0.543. The van der Waals surface area contributed by atoms with Crippen molar-refractivity contribution in [3.8, 4) is 0 Å². The number of rotatable bonds is 3. The Labute approximate surface area is 47.4 Å². The van der Waals surface area contributed by atoms with Gasteiger partial charge >= 0.3 is 5.97 Å². The lowest BCUT2D eigenvalue weighted by molar-refractivity contribution is -0.135. The second-order valence-corrected chi connectivity index (χ2v) is 1.82. The van der Waals surface area contributed by atoms with Gasteiger partial charge in [-0.25, -0.2) is 13.1 Å². The molecule has 6 heteroatoms. The first-order valence-corrected chi connectivity index (χ1v) is 2.90. The molecular weight excluding hydrogens is 134 g/mol. The smallest absolute Gasteiger partial charge is 0.318 e. The molecule has 8 heavy (non-hydrogen) atoms. The molecule has 0 amide bonds. The number of carboxylic acid groups (broad SMARTS) is 1. The predicted octanol–water partition coefficient (Wildman–Crippen LogP) is -1.81. The molecule has 0 unspecified atom stereocenters. The molecule has 5 nitrogen and oxygen atoms in total. The second-order valence-electron chi connectivity index (χ2n) is 0.986. The number of carboxylic acids is 1. The first-order chi connectivity index (χ1) is 3.63. The topological polar surface area (TPSA) is 83.5 Å². The maximum absolute atomic E-state index is 9.57. The van der Waals surface area contributed by atoms with Crippen LogP contribution < -0.4 is 4.72 Å². The summed E-state index contributed by atoms with van der Waals surface area (Å²) >= 11 is 0. The second kappa shape index (κ2) is 3.39. The van der Waals surface area contributed by atoms with Crippen LogP contribution in [0.25, 0.3) is 0 Å². The van der Waals surface area contributed by atoms with E-state index < -0.39 is 23.4 Å². The molecule has 0 bridgehead atoms. The first kappa shape index (κ1) is 7.38. The van der Waals surface area contributed by atoms with Crippen molar-refractivity contribution in [3.05, 3.63) is 0 Å². The Morgan fingerprint density at radius 1 is 1.62 bits per heavy atom. The molecule has 0 aliphatic carbocycles. The van der Waals surface area contributed by atoms with Crippen LogP contribution >= 0.6 is 0 Å². The fourth-order valence-corrected chi connectivity index (χ4v) is 0.397. The Morgan fingerprint density at radius 3 is 2.25 bits per heavy atom. The molecule has 0 aromatic carbocycles. The van der Waals surface area contributed by atoms with E-state index in [-0.39, 0.29) is 0 Å².